The molecule has 2 heterocycles. The third-order valence-electron chi connectivity index (χ3n) is 5.52. The SMILES string of the molecule is COc1ccc(C2=NN(C(=O)CCN3CCOCC3)[C@H](c3ccccc3)C2)cc1. The number of hydrogen-bond acceptors (Lipinski definition) is 5. The lowest BCUT2D eigenvalue weighted by atomic mass is 9.98. The molecule has 1 saturated heterocycles. The Labute approximate surface area is 171 Å². The van der Waals surface area contributed by atoms with E-state index in [1.54, 1.807) is 12.1 Å². The highest BCUT2D eigenvalue weighted by molar-refractivity contribution is 6.03. The van der Waals surface area contributed by atoms with Crippen LogP contribution in [0, 0.1) is 0 Å². The molecule has 2 aliphatic rings. The van der Waals surface area contributed by atoms with Gasteiger partial charge in [0.1, 0.15) is 5.75 Å². The molecule has 0 aliphatic carbocycles. The molecule has 6 heteroatoms. The van der Waals surface area contributed by atoms with Crippen LogP contribution in [0.4, 0.5) is 0 Å². The van der Waals surface area contributed by atoms with Crippen LogP contribution in [-0.4, -0.2) is 61.5 Å². The van der Waals surface area contributed by atoms with Crippen molar-refractivity contribution >= 4 is 11.6 Å². The van der Waals surface area contributed by atoms with E-state index in [0.717, 1.165) is 55.4 Å². The number of hydrazone groups is 1. The molecule has 1 amide bonds. The fourth-order valence-electron chi connectivity index (χ4n) is 3.83. The largest absolute Gasteiger partial charge is 0.497 e. The summed E-state index contributed by atoms with van der Waals surface area (Å²) >= 11 is 0. The number of hydrogen-bond donors (Lipinski definition) is 0. The molecule has 4 rings (SSSR count). The Morgan fingerprint density at radius 2 is 1.83 bits per heavy atom. The number of carbonyl (C=O) groups excluding carboxylic acids is 1. The summed E-state index contributed by atoms with van der Waals surface area (Å²) in [7, 11) is 1.66. The van der Waals surface area contributed by atoms with Gasteiger partial charge >= 0.3 is 0 Å². The van der Waals surface area contributed by atoms with E-state index in [4.69, 9.17) is 14.6 Å². The van der Waals surface area contributed by atoms with Crippen molar-refractivity contribution < 1.29 is 14.3 Å². The molecule has 0 aromatic heterocycles. The van der Waals surface area contributed by atoms with Crippen molar-refractivity contribution in [2.24, 2.45) is 5.10 Å². The van der Waals surface area contributed by atoms with Gasteiger partial charge in [-0.2, -0.15) is 5.10 Å². The first kappa shape index (κ1) is 19.6. The van der Waals surface area contributed by atoms with Gasteiger partial charge in [-0.3, -0.25) is 9.69 Å². The van der Waals surface area contributed by atoms with Gasteiger partial charge < -0.3 is 9.47 Å². The lowest BCUT2D eigenvalue weighted by Crippen LogP contribution is -2.39. The van der Waals surface area contributed by atoms with Gasteiger partial charge in [0.25, 0.3) is 0 Å². The normalized spacial score (nSPS) is 19.8. The van der Waals surface area contributed by atoms with E-state index in [-0.39, 0.29) is 11.9 Å². The summed E-state index contributed by atoms with van der Waals surface area (Å²) in [5.41, 5.74) is 3.07. The van der Waals surface area contributed by atoms with Gasteiger partial charge in [0.2, 0.25) is 5.91 Å². The van der Waals surface area contributed by atoms with Crippen LogP contribution in [0.3, 0.4) is 0 Å². The first-order valence-electron chi connectivity index (χ1n) is 10.1. The molecule has 29 heavy (non-hydrogen) atoms. The van der Waals surface area contributed by atoms with Crippen LogP contribution >= 0.6 is 0 Å². The van der Waals surface area contributed by atoms with Gasteiger partial charge in [-0.15, -0.1) is 0 Å². The molecule has 1 fully saturated rings. The summed E-state index contributed by atoms with van der Waals surface area (Å²) in [5.74, 6) is 0.874. The molecule has 1 atom stereocenters. The van der Waals surface area contributed by atoms with Gasteiger partial charge in [-0.25, -0.2) is 5.01 Å². The van der Waals surface area contributed by atoms with Crippen LogP contribution < -0.4 is 4.74 Å². The number of rotatable bonds is 6. The van der Waals surface area contributed by atoms with Gasteiger partial charge in [0.05, 0.1) is 32.1 Å². The molecular weight excluding hydrogens is 366 g/mol. The van der Waals surface area contributed by atoms with E-state index in [2.05, 4.69) is 17.0 Å². The van der Waals surface area contributed by atoms with E-state index < -0.39 is 0 Å². The van der Waals surface area contributed by atoms with Crippen LogP contribution in [0.2, 0.25) is 0 Å². The van der Waals surface area contributed by atoms with Gasteiger partial charge in [-0.05, 0) is 35.4 Å². The monoisotopic (exact) mass is 393 g/mol. The molecule has 0 radical (unpaired) electrons. The van der Waals surface area contributed by atoms with Crippen LogP contribution in [0.25, 0.3) is 0 Å². The van der Waals surface area contributed by atoms with Crippen LogP contribution in [0.15, 0.2) is 59.7 Å². The Morgan fingerprint density at radius 3 is 2.52 bits per heavy atom. The molecule has 2 aromatic carbocycles. The number of methoxy groups -OCH3 is 1. The molecule has 6 nitrogen and oxygen atoms in total. The highest BCUT2D eigenvalue weighted by Crippen LogP contribution is 2.33. The zero-order chi connectivity index (χ0) is 20.1. The summed E-state index contributed by atoms with van der Waals surface area (Å²) < 4.78 is 10.6. The summed E-state index contributed by atoms with van der Waals surface area (Å²) in [6, 6.07) is 18.0. The highest BCUT2D eigenvalue weighted by Gasteiger charge is 2.33. The second-order valence-corrected chi connectivity index (χ2v) is 7.35. The van der Waals surface area contributed by atoms with Crippen molar-refractivity contribution in [1.29, 1.82) is 0 Å². The topological polar surface area (TPSA) is 54.4 Å². The maximum absolute atomic E-state index is 13.1. The zero-order valence-corrected chi connectivity index (χ0v) is 16.8. The Bertz CT molecular complexity index is 845. The Balaban J connectivity index is 1.52. The molecule has 0 N–H and O–H groups in total. The van der Waals surface area contributed by atoms with Crippen molar-refractivity contribution in [2.45, 2.75) is 18.9 Å². The Morgan fingerprint density at radius 1 is 1.10 bits per heavy atom. The quantitative estimate of drug-likeness (QED) is 0.757. The average Bonchev–Trinajstić information content (AvgIpc) is 3.24. The fraction of sp³-hybridized carbons (Fsp3) is 0.391. The van der Waals surface area contributed by atoms with Crippen molar-refractivity contribution in [3.05, 3.63) is 65.7 Å². The Kier molecular flexibility index (Phi) is 6.22. The van der Waals surface area contributed by atoms with E-state index in [9.17, 15) is 4.79 Å². The summed E-state index contributed by atoms with van der Waals surface area (Å²) in [4.78, 5) is 15.4. The zero-order valence-electron chi connectivity index (χ0n) is 16.8. The fourth-order valence-corrected chi connectivity index (χ4v) is 3.83. The number of ether oxygens (including phenoxy) is 2. The number of amides is 1. The number of morpholine rings is 1. The van der Waals surface area contributed by atoms with Crippen molar-refractivity contribution in [1.82, 2.24) is 9.91 Å². The van der Waals surface area contributed by atoms with Crippen molar-refractivity contribution in [3.8, 4) is 5.75 Å². The molecule has 0 spiro atoms. The molecule has 2 aliphatic heterocycles. The summed E-state index contributed by atoms with van der Waals surface area (Å²) in [6.45, 7) is 3.99. The van der Waals surface area contributed by atoms with E-state index in [1.165, 1.54) is 0 Å². The highest BCUT2D eigenvalue weighted by atomic mass is 16.5. The van der Waals surface area contributed by atoms with Gasteiger partial charge in [-0.1, -0.05) is 30.3 Å². The van der Waals surface area contributed by atoms with E-state index in [1.807, 2.05) is 42.5 Å². The van der Waals surface area contributed by atoms with Crippen molar-refractivity contribution in [2.75, 3.05) is 40.0 Å². The summed E-state index contributed by atoms with van der Waals surface area (Å²) in [5, 5.41) is 6.44. The third-order valence-corrected chi connectivity index (χ3v) is 5.52. The summed E-state index contributed by atoms with van der Waals surface area (Å²) in [6.07, 6.45) is 1.17. The molecule has 2 aromatic rings. The Hall–Kier alpha value is -2.70. The minimum atomic E-state index is -0.0644. The van der Waals surface area contributed by atoms with Crippen LogP contribution in [-0.2, 0) is 9.53 Å². The van der Waals surface area contributed by atoms with Gasteiger partial charge in [0, 0.05) is 32.5 Å². The first-order valence-corrected chi connectivity index (χ1v) is 10.1. The number of carbonyl (C=O) groups is 1. The first-order chi connectivity index (χ1) is 14.2. The molecule has 0 bridgehead atoms. The number of benzene rings is 2. The minimum absolute atomic E-state index is 0.0638. The predicted molar refractivity (Wildman–Crippen MR) is 112 cm³/mol. The van der Waals surface area contributed by atoms with Crippen molar-refractivity contribution in [3.63, 3.8) is 0 Å². The third kappa shape index (κ3) is 4.66. The predicted octanol–water partition coefficient (Wildman–Crippen LogP) is 3.10. The average molecular weight is 393 g/mol. The minimum Gasteiger partial charge on any atom is -0.497 e. The maximum Gasteiger partial charge on any atom is 0.244 e. The smallest absolute Gasteiger partial charge is 0.244 e. The molecule has 0 saturated carbocycles. The lowest BCUT2D eigenvalue weighted by Gasteiger charge is -2.27. The van der Waals surface area contributed by atoms with E-state index in [0.29, 0.717) is 12.8 Å². The second kappa shape index (κ2) is 9.20. The van der Waals surface area contributed by atoms with Gasteiger partial charge in [0.15, 0.2) is 0 Å². The molecule has 152 valence electrons. The number of nitrogens with zero attached hydrogens (tertiary/aromatic N) is 3. The maximum atomic E-state index is 13.1. The molecule has 0 unspecified atom stereocenters. The standard InChI is InChI=1S/C23H27N3O3/c1-28-20-9-7-18(8-10-20)21-17-22(19-5-3-2-4-6-19)26(24-21)23(27)11-12-25-13-15-29-16-14-25/h2-10,22H,11-17H2,1H3/t22-/m0/s1. The molecular formula is C23H27N3O3. The van der Waals surface area contributed by atoms with Crippen LogP contribution in [0.5, 0.6) is 5.75 Å². The second-order valence-electron chi connectivity index (χ2n) is 7.35. The van der Waals surface area contributed by atoms with Crippen LogP contribution in [0.1, 0.15) is 30.0 Å². The van der Waals surface area contributed by atoms with E-state index >= 15 is 0 Å². The lowest BCUT2D eigenvalue weighted by molar-refractivity contribution is -0.133.